The Morgan fingerprint density at radius 2 is 2.21 bits per heavy atom. The van der Waals surface area contributed by atoms with Crippen LogP contribution in [-0.2, 0) is 4.79 Å². The van der Waals surface area contributed by atoms with Gasteiger partial charge in [0.25, 0.3) is 0 Å². The van der Waals surface area contributed by atoms with Gasteiger partial charge in [0.05, 0.1) is 6.42 Å². The number of benzene rings is 1. The molecule has 5 N–H and O–H groups in total. The first-order chi connectivity index (χ1) is 6.52. The second kappa shape index (κ2) is 4.11. The van der Waals surface area contributed by atoms with Crippen LogP contribution in [-0.4, -0.2) is 11.1 Å². The first-order valence-electron chi connectivity index (χ1n) is 4.34. The predicted molar refractivity (Wildman–Crippen MR) is 54.8 cm³/mol. The van der Waals surface area contributed by atoms with Crippen molar-refractivity contribution in [1.29, 1.82) is 0 Å². The Hall–Kier alpha value is -1.55. The summed E-state index contributed by atoms with van der Waals surface area (Å²) in [5.74, 6) is -0.918. The number of anilines is 1. The van der Waals surface area contributed by atoms with Crippen molar-refractivity contribution in [3.05, 3.63) is 29.3 Å². The van der Waals surface area contributed by atoms with Crippen molar-refractivity contribution in [2.45, 2.75) is 19.4 Å². The van der Waals surface area contributed by atoms with E-state index in [-0.39, 0.29) is 6.42 Å². The number of aryl methyl sites for hydroxylation is 1. The number of aliphatic carboxylic acids is 1. The van der Waals surface area contributed by atoms with Crippen LogP contribution in [0, 0.1) is 6.92 Å². The molecule has 0 saturated heterocycles. The van der Waals surface area contributed by atoms with Crippen LogP contribution >= 0.6 is 0 Å². The number of para-hydroxylation sites is 1. The van der Waals surface area contributed by atoms with Crippen LogP contribution in [0.1, 0.15) is 23.6 Å². The molecule has 76 valence electrons. The predicted octanol–water partition coefficient (Wildman–Crippen LogP) is 1.05. The molecule has 0 unspecified atom stereocenters. The van der Waals surface area contributed by atoms with Crippen LogP contribution in [0.25, 0.3) is 0 Å². The second-order valence-electron chi connectivity index (χ2n) is 3.28. The van der Waals surface area contributed by atoms with Crippen LogP contribution in [0.2, 0.25) is 0 Å². The van der Waals surface area contributed by atoms with E-state index >= 15 is 0 Å². The molecule has 0 aliphatic carbocycles. The van der Waals surface area contributed by atoms with Gasteiger partial charge in [0.2, 0.25) is 0 Å². The Kier molecular flexibility index (Phi) is 3.09. The Morgan fingerprint density at radius 3 is 2.79 bits per heavy atom. The maximum Gasteiger partial charge on any atom is 0.305 e. The monoisotopic (exact) mass is 194 g/mol. The normalized spacial score (nSPS) is 12.4. The topological polar surface area (TPSA) is 89.3 Å². The molecule has 0 bridgehead atoms. The minimum absolute atomic E-state index is 0.104. The van der Waals surface area contributed by atoms with Gasteiger partial charge in [-0.15, -0.1) is 0 Å². The minimum Gasteiger partial charge on any atom is -0.481 e. The van der Waals surface area contributed by atoms with Gasteiger partial charge in [0.1, 0.15) is 0 Å². The number of carboxylic acids is 1. The van der Waals surface area contributed by atoms with Gasteiger partial charge in [-0.25, -0.2) is 0 Å². The molecular weight excluding hydrogens is 180 g/mol. The van der Waals surface area contributed by atoms with E-state index in [1.165, 1.54) is 0 Å². The summed E-state index contributed by atoms with van der Waals surface area (Å²) < 4.78 is 0. The van der Waals surface area contributed by atoms with Crippen LogP contribution in [0.4, 0.5) is 5.69 Å². The van der Waals surface area contributed by atoms with E-state index in [1.807, 2.05) is 19.1 Å². The number of nitrogen functional groups attached to an aromatic ring is 1. The SMILES string of the molecule is Cc1cccc([C@H](N)CC(=O)O)c1N. The minimum atomic E-state index is -0.918. The van der Waals surface area contributed by atoms with Gasteiger partial charge in [0, 0.05) is 11.7 Å². The molecule has 0 aliphatic heterocycles. The number of hydrogen-bond donors (Lipinski definition) is 3. The molecule has 0 saturated carbocycles. The van der Waals surface area contributed by atoms with E-state index < -0.39 is 12.0 Å². The van der Waals surface area contributed by atoms with Gasteiger partial charge in [-0.05, 0) is 18.1 Å². The van der Waals surface area contributed by atoms with Crippen LogP contribution in [0.5, 0.6) is 0 Å². The van der Waals surface area contributed by atoms with E-state index in [1.54, 1.807) is 6.07 Å². The van der Waals surface area contributed by atoms with Gasteiger partial charge in [0.15, 0.2) is 0 Å². The number of rotatable bonds is 3. The van der Waals surface area contributed by atoms with E-state index in [9.17, 15) is 4.79 Å². The standard InChI is InChI=1S/C10H14N2O2/c1-6-3-2-4-7(10(6)12)8(11)5-9(13)14/h2-4,8H,5,11-12H2,1H3,(H,13,14)/t8-/m1/s1. The average molecular weight is 194 g/mol. The highest BCUT2D eigenvalue weighted by molar-refractivity contribution is 5.69. The lowest BCUT2D eigenvalue weighted by Crippen LogP contribution is -2.16. The molecule has 14 heavy (non-hydrogen) atoms. The lowest BCUT2D eigenvalue weighted by Gasteiger charge is -2.13. The summed E-state index contributed by atoms with van der Waals surface area (Å²) >= 11 is 0. The highest BCUT2D eigenvalue weighted by Crippen LogP contribution is 2.23. The first kappa shape index (κ1) is 10.5. The maximum atomic E-state index is 10.5. The van der Waals surface area contributed by atoms with Gasteiger partial charge < -0.3 is 16.6 Å². The fraction of sp³-hybridized carbons (Fsp3) is 0.300. The Bertz CT molecular complexity index is 350. The van der Waals surface area contributed by atoms with Crippen molar-refractivity contribution in [2.75, 3.05) is 5.73 Å². The maximum absolute atomic E-state index is 10.5. The smallest absolute Gasteiger partial charge is 0.305 e. The zero-order valence-corrected chi connectivity index (χ0v) is 8.03. The van der Waals surface area contributed by atoms with Crippen molar-refractivity contribution >= 4 is 11.7 Å². The third-order valence-corrected chi connectivity index (χ3v) is 2.15. The summed E-state index contributed by atoms with van der Waals surface area (Å²) in [6.07, 6.45) is -0.104. The van der Waals surface area contributed by atoms with Gasteiger partial charge >= 0.3 is 5.97 Å². The Morgan fingerprint density at radius 1 is 1.57 bits per heavy atom. The molecule has 1 rings (SSSR count). The number of carboxylic acid groups (broad SMARTS) is 1. The molecule has 1 aromatic carbocycles. The fourth-order valence-corrected chi connectivity index (χ4v) is 1.32. The highest BCUT2D eigenvalue weighted by Gasteiger charge is 2.13. The summed E-state index contributed by atoms with van der Waals surface area (Å²) in [6.45, 7) is 1.87. The van der Waals surface area contributed by atoms with E-state index in [2.05, 4.69) is 0 Å². The van der Waals surface area contributed by atoms with Crippen molar-refractivity contribution in [3.63, 3.8) is 0 Å². The zero-order chi connectivity index (χ0) is 10.7. The third kappa shape index (κ3) is 2.23. The van der Waals surface area contributed by atoms with Gasteiger partial charge in [-0.3, -0.25) is 4.79 Å². The van der Waals surface area contributed by atoms with E-state index in [0.717, 1.165) is 5.56 Å². The molecule has 4 heteroatoms. The summed E-state index contributed by atoms with van der Waals surface area (Å²) in [5.41, 5.74) is 13.7. The van der Waals surface area contributed by atoms with Crippen LogP contribution in [0.3, 0.4) is 0 Å². The van der Waals surface area contributed by atoms with Gasteiger partial charge in [-0.1, -0.05) is 18.2 Å². The quantitative estimate of drug-likeness (QED) is 0.627. The van der Waals surface area contributed by atoms with Crippen molar-refractivity contribution in [3.8, 4) is 0 Å². The Labute approximate surface area is 82.5 Å². The van der Waals surface area contributed by atoms with E-state index in [0.29, 0.717) is 11.3 Å². The molecule has 0 aromatic heterocycles. The molecule has 1 atom stereocenters. The fourth-order valence-electron chi connectivity index (χ4n) is 1.32. The third-order valence-electron chi connectivity index (χ3n) is 2.15. The highest BCUT2D eigenvalue weighted by atomic mass is 16.4. The molecule has 0 spiro atoms. The van der Waals surface area contributed by atoms with Crippen molar-refractivity contribution < 1.29 is 9.90 Å². The largest absolute Gasteiger partial charge is 0.481 e. The molecule has 0 aliphatic rings. The first-order valence-corrected chi connectivity index (χ1v) is 4.34. The van der Waals surface area contributed by atoms with Crippen LogP contribution < -0.4 is 11.5 Å². The van der Waals surface area contributed by atoms with Crippen LogP contribution in [0.15, 0.2) is 18.2 Å². The number of nitrogens with two attached hydrogens (primary N) is 2. The van der Waals surface area contributed by atoms with E-state index in [4.69, 9.17) is 16.6 Å². The molecule has 0 amide bonds. The summed E-state index contributed by atoms with van der Waals surface area (Å²) in [7, 11) is 0. The Balaban J connectivity index is 2.95. The van der Waals surface area contributed by atoms with Crippen molar-refractivity contribution in [1.82, 2.24) is 0 Å². The van der Waals surface area contributed by atoms with Crippen molar-refractivity contribution in [2.24, 2.45) is 5.73 Å². The van der Waals surface area contributed by atoms with Gasteiger partial charge in [-0.2, -0.15) is 0 Å². The number of carbonyl (C=O) groups is 1. The zero-order valence-electron chi connectivity index (χ0n) is 8.03. The molecule has 4 nitrogen and oxygen atoms in total. The molecule has 0 heterocycles. The summed E-state index contributed by atoms with van der Waals surface area (Å²) in [6, 6.07) is 4.91. The molecule has 0 radical (unpaired) electrons. The summed E-state index contributed by atoms with van der Waals surface area (Å²) in [4.78, 5) is 10.5. The lowest BCUT2D eigenvalue weighted by molar-refractivity contribution is -0.137. The number of hydrogen-bond acceptors (Lipinski definition) is 3. The lowest BCUT2D eigenvalue weighted by atomic mass is 10.00. The molecule has 0 fully saturated rings. The molecular formula is C10H14N2O2. The second-order valence-corrected chi connectivity index (χ2v) is 3.28. The summed E-state index contributed by atoms with van der Waals surface area (Å²) in [5, 5.41) is 8.58. The average Bonchev–Trinajstić information content (AvgIpc) is 2.08. The molecule has 1 aromatic rings.